The Bertz CT molecular complexity index is 1130. The van der Waals surface area contributed by atoms with E-state index in [0.29, 0.717) is 24.2 Å². The molecule has 1 aromatic heterocycles. The summed E-state index contributed by atoms with van der Waals surface area (Å²) in [6.45, 7) is 3.89. The molecule has 0 spiro atoms. The largest absolute Gasteiger partial charge is 0.448 e. The fraction of sp³-hybridized carbons (Fsp3) is 0.375. The SMILES string of the molecule is CSS[C@@H](C)COC(=O)N1CCC[C@@H](c2ccc(-n3cc4cccc(C(N)=O)c4n3)cc2)C1. The molecule has 174 valence electrons. The number of fused-ring (bicyclic) bond motifs is 1. The summed E-state index contributed by atoms with van der Waals surface area (Å²) in [4.78, 5) is 26.0. The van der Waals surface area contributed by atoms with Crippen LogP contribution < -0.4 is 5.73 Å². The molecular formula is C24H28N4O3S2. The van der Waals surface area contributed by atoms with E-state index >= 15 is 0 Å². The molecule has 2 N–H and O–H groups in total. The third kappa shape index (κ3) is 5.47. The molecule has 0 bridgehead atoms. The van der Waals surface area contributed by atoms with Crippen LogP contribution in [0.3, 0.4) is 0 Å². The van der Waals surface area contributed by atoms with Crippen molar-refractivity contribution < 1.29 is 14.3 Å². The first-order valence-corrected chi connectivity index (χ1v) is 13.6. The minimum absolute atomic E-state index is 0.224. The number of rotatable bonds is 7. The van der Waals surface area contributed by atoms with Crippen molar-refractivity contribution in [2.45, 2.75) is 30.9 Å². The minimum atomic E-state index is -0.487. The molecule has 3 aromatic rings. The lowest BCUT2D eigenvalue weighted by molar-refractivity contribution is 0.0926. The normalized spacial score (nSPS) is 17.2. The average Bonchev–Trinajstić information content (AvgIpc) is 3.27. The lowest BCUT2D eigenvalue weighted by Gasteiger charge is -2.32. The number of hydrogen-bond acceptors (Lipinski definition) is 6. The molecule has 7 nitrogen and oxygen atoms in total. The Morgan fingerprint density at radius 1 is 1.24 bits per heavy atom. The number of benzene rings is 2. The van der Waals surface area contributed by atoms with Gasteiger partial charge in [-0.15, -0.1) is 0 Å². The third-order valence-electron chi connectivity index (χ3n) is 5.81. The molecule has 2 amide bonds. The molecule has 2 aromatic carbocycles. The topological polar surface area (TPSA) is 90.5 Å². The van der Waals surface area contributed by atoms with Crippen molar-refractivity contribution in [3.63, 3.8) is 0 Å². The lowest BCUT2D eigenvalue weighted by atomic mass is 9.91. The van der Waals surface area contributed by atoms with E-state index in [4.69, 9.17) is 10.5 Å². The number of nitrogens with two attached hydrogens (primary N) is 1. The monoisotopic (exact) mass is 484 g/mol. The standard InChI is InChI=1S/C24H28N4O3S2/c1-16(33-32-2)15-31-24(30)27-12-4-6-18(13-27)17-8-10-20(11-9-17)28-14-19-5-3-7-21(23(25)29)22(19)26-28/h3,5,7-11,14,16,18H,4,6,12-13,15H2,1-2H3,(H2,25,29)/t16-,18+/m0/s1. The van der Waals surface area contributed by atoms with Crippen molar-refractivity contribution in [1.82, 2.24) is 14.7 Å². The Hall–Kier alpha value is -2.65. The van der Waals surface area contributed by atoms with Crippen LogP contribution in [0, 0.1) is 0 Å². The molecule has 33 heavy (non-hydrogen) atoms. The maximum Gasteiger partial charge on any atom is 0.409 e. The van der Waals surface area contributed by atoms with Gasteiger partial charge in [0.25, 0.3) is 5.91 Å². The second-order valence-electron chi connectivity index (χ2n) is 8.21. The first kappa shape index (κ1) is 23.5. The van der Waals surface area contributed by atoms with Gasteiger partial charge in [-0.1, -0.05) is 45.9 Å². The van der Waals surface area contributed by atoms with Gasteiger partial charge in [0, 0.05) is 35.8 Å². The zero-order chi connectivity index (χ0) is 23.4. The summed E-state index contributed by atoms with van der Waals surface area (Å²) in [5, 5.41) is 5.71. The van der Waals surface area contributed by atoms with Crippen LogP contribution in [0.5, 0.6) is 0 Å². The molecule has 1 fully saturated rings. The van der Waals surface area contributed by atoms with Crippen LogP contribution in [0.15, 0.2) is 48.7 Å². The van der Waals surface area contributed by atoms with E-state index in [1.54, 1.807) is 38.4 Å². The molecule has 0 saturated carbocycles. The van der Waals surface area contributed by atoms with Gasteiger partial charge < -0.3 is 15.4 Å². The summed E-state index contributed by atoms with van der Waals surface area (Å²) in [6, 6.07) is 13.6. The van der Waals surface area contributed by atoms with Crippen molar-refractivity contribution in [2.75, 3.05) is 26.0 Å². The number of likely N-dealkylation sites (tertiary alicyclic amines) is 1. The van der Waals surface area contributed by atoms with Gasteiger partial charge in [-0.05, 0) is 49.8 Å². The summed E-state index contributed by atoms with van der Waals surface area (Å²) in [7, 11) is 3.39. The number of ether oxygens (including phenoxy) is 1. The fourth-order valence-corrected chi connectivity index (χ4v) is 5.77. The highest BCUT2D eigenvalue weighted by Crippen LogP contribution is 2.29. The van der Waals surface area contributed by atoms with Gasteiger partial charge in [-0.3, -0.25) is 4.79 Å². The van der Waals surface area contributed by atoms with Crippen molar-refractivity contribution in [3.8, 4) is 5.69 Å². The fourth-order valence-electron chi connectivity index (χ4n) is 4.16. The average molecular weight is 485 g/mol. The van der Waals surface area contributed by atoms with Gasteiger partial charge in [0.2, 0.25) is 0 Å². The van der Waals surface area contributed by atoms with Gasteiger partial charge in [0.15, 0.2) is 0 Å². The molecule has 1 aliphatic rings. The number of carbonyl (C=O) groups excluding carboxylic acids is 2. The summed E-state index contributed by atoms with van der Waals surface area (Å²) < 4.78 is 7.28. The first-order valence-electron chi connectivity index (χ1n) is 11.0. The van der Waals surface area contributed by atoms with Gasteiger partial charge >= 0.3 is 6.09 Å². The van der Waals surface area contributed by atoms with Crippen LogP contribution >= 0.6 is 21.6 Å². The van der Waals surface area contributed by atoms with E-state index in [1.165, 1.54) is 5.56 Å². The first-order chi connectivity index (χ1) is 16.0. The maximum absolute atomic E-state index is 12.5. The summed E-state index contributed by atoms with van der Waals surface area (Å²) >= 11 is 0. The van der Waals surface area contributed by atoms with Crippen molar-refractivity contribution in [2.24, 2.45) is 5.73 Å². The van der Waals surface area contributed by atoms with Crippen molar-refractivity contribution in [1.29, 1.82) is 0 Å². The van der Waals surface area contributed by atoms with Crippen LogP contribution in [-0.2, 0) is 4.74 Å². The molecule has 1 saturated heterocycles. The molecule has 9 heteroatoms. The van der Waals surface area contributed by atoms with E-state index in [2.05, 4.69) is 24.2 Å². The van der Waals surface area contributed by atoms with E-state index in [0.717, 1.165) is 30.5 Å². The summed E-state index contributed by atoms with van der Waals surface area (Å²) in [6.07, 6.45) is 5.69. The number of aromatic nitrogens is 2. The number of primary amides is 1. The van der Waals surface area contributed by atoms with Crippen LogP contribution in [0.25, 0.3) is 16.6 Å². The molecule has 0 unspecified atom stereocenters. The number of nitrogens with zero attached hydrogens (tertiary/aromatic N) is 3. The van der Waals surface area contributed by atoms with Crippen LogP contribution in [-0.4, -0.2) is 57.9 Å². The highest BCUT2D eigenvalue weighted by atomic mass is 33.1. The Labute approximate surface area is 201 Å². The van der Waals surface area contributed by atoms with E-state index < -0.39 is 5.91 Å². The zero-order valence-corrected chi connectivity index (χ0v) is 20.4. The van der Waals surface area contributed by atoms with Gasteiger partial charge in [-0.2, -0.15) is 5.10 Å². The van der Waals surface area contributed by atoms with E-state index in [9.17, 15) is 9.59 Å². The van der Waals surface area contributed by atoms with Gasteiger partial charge in [0.1, 0.15) is 12.1 Å². The Balaban J connectivity index is 1.44. The van der Waals surface area contributed by atoms with Crippen molar-refractivity contribution >= 4 is 44.5 Å². The number of carbonyl (C=O) groups is 2. The van der Waals surface area contributed by atoms with Crippen LogP contribution in [0.4, 0.5) is 4.79 Å². The maximum atomic E-state index is 12.5. The Kier molecular flexibility index (Phi) is 7.49. The van der Waals surface area contributed by atoms with Crippen LogP contribution in [0.1, 0.15) is 41.6 Å². The van der Waals surface area contributed by atoms with Gasteiger partial charge in [-0.25, -0.2) is 9.48 Å². The Morgan fingerprint density at radius 2 is 2.03 bits per heavy atom. The second kappa shape index (κ2) is 10.5. The predicted molar refractivity (Wildman–Crippen MR) is 135 cm³/mol. The molecule has 0 aliphatic carbocycles. The molecule has 2 atom stereocenters. The second-order valence-corrected chi connectivity index (χ2v) is 11.1. The molecule has 0 radical (unpaired) electrons. The predicted octanol–water partition coefficient (Wildman–Crippen LogP) is 4.84. The summed E-state index contributed by atoms with van der Waals surface area (Å²) in [5.41, 5.74) is 8.59. The third-order valence-corrected chi connectivity index (χ3v) is 8.03. The van der Waals surface area contributed by atoms with Crippen molar-refractivity contribution in [3.05, 3.63) is 59.8 Å². The van der Waals surface area contributed by atoms with E-state index in [1.807, 2.05) is 35.6 Å². The molecule has 1 aliphatic heterocycles. The number of amides is 2. The zero-order valence-electron chi connectivity index (χ0n) is 18.8. The minimum Gasteiger partial charge on any atom is -0.448 e. The van der Waals surface area contributed by atoms with Crippen LogP contribution in [0.2, 0.25) is 0 Å². The quantitative estimate of drug-likeness (QED) is 0.483. The highest BCUT2D eigenvalue weighted by molar-refractivity contribution is 8.76. The molecule has 4 rings (SSSR count). The van der Waals surface area contributed by atoms with E-state index in [-0.39, 0.29) is 17.3 Å². The Morgan fingerprint density at radius 3 is 2.76 bits per heavy atom. The number of piperidine rings is 1. The molecular weight excluding hydrogens is 456 g/mol. The smallest absolute Gasteiger partial charge is 0.409 e. The lowest BCUT2D eigenvalue weighted by Crippen LogP contribution is -2.40. The molecule has 2 heterocycles. The highest BCUT2D eigenvalue weighted by Gasteiger charge is 2.26. The summed E-state index contributed by atoms with van der Waals surface area (Å²) in [5.74, 6) is -0.212. The van der Waals surface area contributed by atoms with Gasteiger partial charge in [0.05, 0.1) is 11.3 Å². The number of hydrogen-bond donors (Lipinski definition) is 1.